The maximum atomic E-state index is 6.31. The van der Waals surface area contributed by atoms with Crippen molar-refractivity contribution < 1.29 is 0 Å². The van der Waals surface area contributed by atoms with Crippen LogP contribution in [0.4, 0.5) is 0 Å². The summed E-state index contributed by atoms with van der Waals surface area (Å²) in [5.74, 6) is 0. The standard InChI is InChI=1S/C15H23Cl2N/c1-5-8-18-14(10-15(2,3)4)12-7-6-11(16)9-13(12)17/h6-7,9,14,18H,5,8,10H2,1-4H3. The molecule has 1 rings (SSSR count). The van der Waals surface area contributed by atoms with Crippen LogP contribution in [-0.2, 0) is 0 Å². The summed E-state index contributed by atoms with van der Waals surface area (Å²) in [5, 5.41) is 5.01. The molecule has 0 saturated carbocycles. The van der Waals surface area contributed by atoms with Crippen LogP contribution in [-0.4, -0.2) is 6.54 Å². The van der Waals surface area contributed by atoms with E-state index in [1.54, 1.807) is 0 Å². The van der Waals surface area contributed by atoms with Gasteiger partial charge in [-0.25, -0.2) is 0 Å². The summed E-state index contributed by atoms with van der Waals surface area (Å²) in [6, 6.07) is 6.05. The number of hydrogen-bond donors (Lipinski definition) is 1. The van der Waals surface area contributed by atoms with Gasteiger partial charge in [0.25, 0.3) is 0 Å². The Labute approximate surface area is 121 Å². The van der Waals surface area contributed by atoms with E-state index in [9.17, 15) is 0 Å². The third-order valence-electron chi connectivity index (χ3n) is 2.80. The summed E-state index contributed by atoms with van der Waals surface area (Å²) in [7, 11) is 0. The number of rotatable bonds is 5. The normalized spacial score (nSPS) is 13.7. The van der Waals surface area contributed by atoms with Gasteiger partial charge in [-0.05, 0) is 42.5 Å². The van der Waals surface area contributed by atoms with E-state index >= 15 is 0 Å². The first-order chi connectivity index (χ1) is 8.33. The molecule has 0 heterocycles. The molecule has 1 N–H and O–H groups in total. The highest BCUT2D eigenvalue weighted by Gasteiger charge is 2.21. The van der Waals surface area contributed by atoms with Gasteiger partial charge in [0.05, 0.1) is 0 Å². The lowest BCUT2D eigenvalue weighted by molar-refractivity contribution is 0.311. The highest BCUT2D eigenvalue weighted by Crippen LogP contribution is 2.34. The van der Waals surface area contributed by atoms with E-state index < -0.39 is 0 Å². The Morgan fingerprint density at radius 3 is 2.39 bits per heavy atom. The van der Waals surface area contributed by atoms with E-state index in [0.29, 0.717) is 5.02 Å². The molecule has 0 bridgehead atoms. The summed E-state index contributed by atoms with van der Waals surface area (Å²) in [6.45, 7) is 9.91. The fourth-order valence-electron chi connectivity index (χ4n) is 2.01. The third kappa shape index (κ3) is 5.17. The molecule has 3 heteroatoms. The van der Waals surface area contributed by atoms with Crippen molar-refractivity contribution in [2.75, 3.05) is 6.54 Å². The van der Waals surface area contributed by atoms with Crippen molar-refractivity contribution >= 4 is 23.2 Å². The quantitative estimate of drug-likeness (QED) is 0.757. The Bertz CT molecular complexity index is 383. The zero-order valence-corrected chi connectivity index (χ0v) is 13.2. The largest absolute Gasteiger partial charge is 0.310 e. The lowest BCUT2D eigenvalue weighted by Gasteiger charge is -2.28. The van der Waals surface area contributed by atoms with E-state index in [2.05, 4.69) is 33.0 Å². The van der Waals surface area contributed by atoms with E-state index in [0.717, 1.165) is 30.0 Å². The van der Waals surface area contributed by atoms with Gasteiger partial charge in [0.2, 0.25) is 0 Å². The first-order valence-corrected chi connectivity index (χ1v) is 7.27. The summed E-state index contributed by atoms with van der Waals surface area (Å²) < 4.78 is 0. The molecule has 0 amide bonds. The molecule has 102 valence electrons. The average Bonchev–Trinajstić information content (AvgIpc) is 2.23. The Morgan fingerprint density at radius 1 is 1.22 bits per heavy atom. The van der Waals surface area contributed by atoms with Gasteiger partial charge in [-0.3, -0.25) is 0 Å². The number of benzene rings is 1. The molecule has 1 atom stereocenters. The van der Waals surface area contributed by atoms with Crippen molar-refractivity contribution in [3.05, 3.63) is 33.8 Å². The van der Waals surface area contributed by atoms with Crippen LogP contribution in [0.2, 0.25) is 10.0 Å². The molecule has 0 spiro atoms. The monoisotopic (exact) mass is 287 g/mol. The molecular formula is C15H23Cl2N. The van der Waals surface area contributed by atoms with Gasteiger partial charge in [0.15, 0.2) is 0 Å². The SMILES string of the molecule is CCCNC(CC(C)(C)C)c1ccc(Cl)cc1Cl. The second-order valence-corrected chi connectivity index (χ2v) is 6.78. The lowest BCUT2D eigenvalue weighted by atomic mass is 9.85. The van der Waals surface area contributed by atoms with Gasteiger partial charge < -0.3 is 5.32 Å². The van der Waals surface area contributed by atoms with Crippen LogP contribution in [0.1, 0.15) is 52.1 Å². The molecule has 18 heavy (non-hydrogen) atoms. The van der Waals surface area contributed by atoms with Gasteiger partial charge in [-0.2, -0.15) is 0 Å². The second-order valence-electron chi connectivity index (χ2n) is 5.94. The number of hydrogen-bond acceptors (Lipinski definition) is 1. The Kier molecular flexibility index (Phi) is 5.97. The van der Waals surface area contributed by atoms with Crippen LogP contribution in [0, 0.1) is 5.41 Å². The summed E-state index contributed by atoms with van der Waals surface area (Å²) >= 11 is 12.3. The molecule has 1 nitrogen and oxygen atoms in total. The maximum Gasteiger partial charge on any atom is 0.0468 e. The van der Waals surface area contributed by atoms with Gasteiger partial charge >= 0.3 is 0 Å². The smallest absolute Gasteiger partial charge is 0.0468 e. The first kappa shape index (κ1) is 15.8. The summed E-state index contributed by atoms with van der Waals surface area (Å²) in [5.41, 5.74) is 1.40. The van der Waals surface area contributed by atoms with E-state index in [1.165, 1.54) is 0 Å². The van der Waals surface area contributed by atoms with Crippen molar-refractivity contribution in [1.82, 2.24) is 5.32 Å². The van der Waals surface area contributed by atoms with Crippen molar-refractivity contribution in [2.24, 2.45) is 5.41 Å². The highest BCUT2D eigenvalue weighted by molar-refractivity contribution is 6.35. The fourth-order valence-corrected chi connectivity index (χ4v) is 2.55. The number of halogens is 2. The van der Waals surface area contributed by atoms with Crippen LogP contribution in [0.15, 0.2) is 18.2 Å². The van der Waals surface area contributed by atoms with Gasteiger partial charge in [-0.15, -0.1) is 0 Å². The van der Waals surface area contributed by atoms with Gasteiger partial charge in [-0.1, -0.05) is 57.0 Å². The minimum atomic E-state index is 0.258. The Morgan fingerprint density at radius 2 is 1.89 bits per heavy atom. The average molecular weight is 288 g/mol. The minimum Gasteiger partial charge on any atom is -0.310 e. The zero-order valence-electron chi connectivity index (χ0n) is 11.7. The second kappa shape index (κ2) is 6.79. The summed E-state index contributed by atoms with van der Waals surface area (Å²) in [6.07, 6.45) is 2.17. The van der Waals surface area contributed by atoms with Crippen LogP contribution in [0.25, 0.3) is 0 Å². The lowest BCUT2D eigenvalue weighted by Crippen LogP contribution is -2.26. The minimum absolute atomic E-state index is 0.258. The molecule has 0 radical (unpaired) electrons. The van der Waals surface area contributed by atoms with Crippen molar-refractivity contribution in [1.29, 1.82) is 0 Å². The molecule has 0 aliphatic heterocycles. The van der Waals surface area contributed by atoms with Gasteiger partial charge in [0, 0.05) is 16.1 Å². The maximum absolute atomic E-state index is 6.31. The molecule has 0 saturated heterocycles. The van der Waals surface area contributed by atoms with Crippen LogP contribution < -0.4 is 5.32 Å². The molecule has 1 aromatic rings. The highest BCUT2D eigenvalue weighted by atomic mass is 35.5. The van der Waals surface area contributed by atoms with Crippen molar-refractivity contribution in [2.45, 2.75) is 46.6 Å². The van der Waals surface area contributed by atoms with Crippen LogP contribution in [0.5, 0.6) is 0 Å². The predicted molar refractivity (Wildman–Crippen MR) is 81.6 cm³/mol. The first-order valence-electron chi connectivity index (χ1n) is 6.52. The van der Waals surface area contributed by atoms with E-state index in [1.807, 2.05) is 18.2 Å². The van der Waals surface area contributed by atoms with Crippen LogP contribution in [0.3, 0.4) is 0 Å². The molecule has 0 aliphatic rings. The Balaban J connectivity index is 2.93. The fraction of sp³-hybridized carbons (Fsp3) is 0.600. The molecule has 0 aliphatic carbocycles. The molecular weight excluding hydrogens is 265 g/mol. The Hall–Kier alpha value is -0.240. The predicted octanol–water partition coefficient (Wildman–Crippen LogP) is 5.47. The van der Waals surface area contributed by atoms with Gasteiger partial charge in [0.1, 0.15) is 0 Å². The summed E-state index contributed by atoms with van der Waals surface area (Å²) in [4.78, 5) is 0. The van der Waals surface area contributed by atoms with Crippen molar-refractivity contribution in [3.8, 4) is 0 Å². The topological polar surface area (TPSA) is 12.0 Å². The third-order valence-corrected chi connectivity index (χ3v) is 3.36. The molecule has 1 unspecified atom stereocenters. The van der Waals surface area contributed by atoms with E-state index in [4.69, 9.17) is 23.2 Å². The molecule has 1 aromatic carbocycles. The molecule has 0 aromatic heterocycles. The zero-order chi connectivity index (χ0) is 13.8. The number of nitrogens with one attached hydrogen (secondary N) is 1. The molecule has 0 fully saturated rings. The van der Waals surface area contributed by atoms with Crippen LogP contribution >= 0.6 is 23.2 Å². The van der Waals surface area contributed by atoms with E-state index in [-0.39, 0.29) is 11.5 Å². The van der Waals surface area contributed by atoms with Crippen molar-refractivity contribution in [3.63, 3.8) is 0 Å².